The van der Waals surface area contributed by atoms with Gasteiger partial charge in [0, 0.05) is 32.0 Å². The third kappa shape index (κ3) is 7.50. The van der Waals surface area contributed by atoms with E-state index in [9.17, 15) is 23.2 Å². The summed E-state index contributed by atoms with van der Waals surface area (Å²) in [6.07, 6.45) is -0.319. The molecule has 2 aliphatic rings. The van der Waals surface area contributed by atoms with Crippen LogP contribution in [0.15, 0.2) is 79.0 Å². The van der Waals surface area contributed by atoms with E-state index < -0.39 is 53.9 Å². The Morgan fingerprint density at radius 3 is 2.30 bits per heavy atom. The SMILES string of the molecule is COc1ccc(C2(C(=O)N3C[C@@H](OCc4ccccc4)C[C@@H]3C(=O)Nc3ccc4c(ccn4C(=O)OC(C)(C)C)n3)CCC(F)(F)CC2)cc1. The van der Waals surface area contributed by atoms with Crippen LogP contribution in [0.3, 0.4) is 0 Å². The van der Waals surface area contributed by atoms with E-state index >= 15 is 0 Å². The summed E-state index contributed by atoms with van der Waals surface area (Å²) in [5.41, 5.74) is 0.556. The number of anilines is 1. The van der Waals surface area contributed by atoms with E-state index in [1.165, 1.54) is 16.6 Å². The number of methoxy groups -OCH3 is 1. The molecule has 1 saturated carbocycles. The van der Waals surface area contributed by atoms with Gasteiger partial charge in [-0.3, -0.25) is 14.2 Å². The van der Waals surface area contributed by atoms with E-state index in [1.54, 1.807) is 69.4 Å². The summed E-state index contributed by atoms with van der Waals surface area (Å²) < 4.78 is 47.5. The summed E-state index contributed by atoms with van der Waals surface area (Å²) in [6, 6.07) is 20.4. The Kier molecular flexibility index (Phi) is 9.67. The molecule has 1 N–H and O–H groups in total. The maximum Gasteiger partial charge on any atom is 0.419 e. The highest BCUT2D eigenvalue weighted by atomic mass is 19.3. The van der Waals surface area contributed by atoms with Gasteiger partial charge in [-0.2, -0.15) is 0 Å². The van der Waals surface area contributed by atoms with Crippen LogP contribution in [0.2, 0.25) is 0 Å². The molecular formula is C38H42F2N4O6. The number of nitrogens with one attached hydrogen (secondary N) is 1. The number of carbonyl (C=O) groups excluding carboxylic acids is 3. The van der Waals surface area contributed by atoms with Gasteiger partial charge >= 0.3 is 6.09 Å². The van der Waals surface area contributed by atoms with Crippen LogP contribution in [0.5, 0.6) is 5.75 Å². The van der Waals surface area contributed by atoms with E-state index in [0.29, 0.717) is 22.3 Å². The number of amides is 2. The fraction of sp³-hybridized carbons (Fsp3) is 0.421. The van der Waals surface area contributed by atoms with E-state index in [2.05, 4.69) is 10.3 Å². The van der Waals surface area contributed by atoms with Gasteiger partial charge in [-0.25, -0.2) is 18.6 Å². The van der Waals surface area contributed by atoms with Crippen LogP contribution in [-0.2, 0) is 31.1 Å². The molecule has 10 nitrogen and oxygen atoms in total. The second kappa shape index (κ2) is 13.8. The minimum atomic E-state index is -2.88. The molecule has 2 atom stereocenters. The fourth-order valence-electron chi connectivity index (χ4n) is 6.80. The molecule has 1 saturated heterocycles. The highest BCUT2D eigenvalue weighted by molar-refractivity contribution is 6.00. The maximum absolute atomic E-state index is 14.8. The molecule has 2 aromatic heterocycles. The maximum atomic E-state index is 14.8. The number of alkyl halides is 2. The summed E-state index contributed by atoms with van der Waals surface area (Å²) in [7, 11) is 1.53. The molecule has 264 valence electrons. The molecule has 12 heteroatoms. The van der Waals surface area contributed by atoms with Crippen molar-refractivity contribution in [2.45, 2.75) is 88.6 Å². The first kappa shape index (κ1) is 35.0. The zero-order valence-corrected chi connectivity index (χ0v) is 28.7. The summed E-state index contributed by atoms with van der Waals surface area (Å²) in [6.45, 7) is 5.73. The second-order valence-corrected chi connectivity index (χ2v) is 14.1. The molecule has 0 radical (unpaired) electrons. The number of halogens is 2. The third-order valence-electron chi connectivity index (χ3n) is 9.43. The number of ether oxygens (including phenoxy) is 3. The molecule has 2 amide bonds. The number of aromatic nitrogens is 2. The Labute approximate surface area is 289 Å². The minimum Gasteiger partial charge on any atom is -0.497 e. The zero-order chi connectivity index (χ0) is 35.7. The Hall–Kier alpha value is -4.84. The molecule has 0 unspecified atom stereocenters. The molecule has 3 heterocycles. The van der Waals surface area contributed by atoms with E-state index in [-0.39, 0.29) is 44.1 Å². The fourth-order valence-corrected chi connectivity index (χ4v) is 6.80. The Balaban J connectivity index is 1.28. The van der Waals surface area contributed by atoms with Crippen molar-refractivity contribution >= 4 is 34.8 Å². The van der Waals surface area contributed by atoms with Gasteiger partial charge in [0.2, 0.25) is 17.7 Å². The predicted molar refractivity (Wildman–Crippen MR) is 183 cm³/mol. The lowest BCUT2D eigenvalue weighted by atomic mass is 9.67. The van der Waals surface area contributed by atoms with Crippen molar-refractivity contribution in [3.8, 4) is 5.75 Å². The molecule has 2 fully saturated rings. The first-order valence-corrected chi connectivity index (χ1v) is 16.8. The largest absolute Gasteiger partial charge is 0.497 e. The number of pyridine rings is 1. The highest BCUT2D eigenvalue weighted by Gasteiger charge is 2.53. The van der Waals surface area contributed by atoms with Crippen LogP contribution in [0.1, 0.15) is 64.0 Å². The van der Waals surface area contributed by atoms with Gasteiger partial charge in [0.05, 0.1) is 36.3 Å². The van der Waals surface area contributed by atoms with Gasteiger partial charge in [-0.05, 0) is 75.1 Å². The Morgan fingerprint density at radius 1 is 0.940 bits per heavy atom. The predicted octanol–water partition coefficient (Wildman–Crippen LogP) is 7.10. The van der Waals surface area contributed by atoms with Gasteiger partial charge in [0.25, 0.3) is 0 Å². The van der Waals surface area contributed by atoms with E-state index in [1.807, 2.05) is 30.3 Å². The Bertz CT molecular complexity index is 1840. The van der Waals surface area contributed by atoms with Crippen molar-refractivity contribution in [3.63, 3.8) is 0 Å². The highest BCUT2D eigenvalue weighted by Crippen LogP contribution is 2.48. The number of likely N-dealkylation sites (tertiary alicyclic amines) is 1. The van der Waals surface area contributed by atoms with Gasteiger partial charge in [-0.1, -0.05) is 42.5 Å². The zero-order valence-electron chi connectivity index (χ0n) is 28.7. The molecule has 2 aromatic carbocycles. The smallest absolute Gasteiger partial charge is 0.419 e. The van der Waals surface area contributed by atoms with E-state index in [0.717, 1.165) is 5.56 Å². The number of hydrogen-bond donors (Lipinski definition) is 1. The van der Waals surface area contributed by atoms with Crippen LogP contribution in [-0.4, -0.2) is 69.7 Å². The third-order valence-corrected chi connectivity index (χ3v) is 9.43. The average Bonchev–Trinajstić information content (AvgIpc) is 3.72. The molecule has 6 rings (SSSR count). The summed E-state index contributed by atoms with van der Waals surface area (Å²) in [4.78, 5) is 47.6. The molecular weight excluding hydrogens is 646 g/mol. The van der Waals surface area contributed by atoms with Gasteiger partial charge in [0.1, 0.15) is 23.2 Å². The van der Waals surface area contributed by atoms with Gasteiger partial charge in [0.15, 0.2) is 0 Å². The minimum absolute atomic E-state index is 0.0710. The van der Waals surface area contributed by atoms with Gasteiger partial charge in [-0.15, -0.1) is 0 Å². The standard InChI is InChI=1S/C38H42F2N4O6/c1-36(2,3)50-35(47)43-21-16-29-30(43)14-15-32(41-29)42-33(45)31-22-28(49-24-25-8-6-5-7-9-25)23-44(31)34(46)37(17-19-38(39,40)20-18-37)26-10-12-27(48-4)13-11-26/h5-16,21,28,31H,17-20,22-24H2,1-4H3,(H,41,42,45)/t28-,31+/m0/s1. The number of rotatable bonds is 8. The van der Waals surface area contributed by atoms with Crippen LogP contribution in [0.25, 0.3) is 11.0 Å². The van der Waals surface area contributed by atoms with Crippen LogP contribution < -0.4 is 10.1 Å². The van der Waals surface area contributed by atoms with E-state index in [4.69, 9.17) is 14.2 Å². The quantitative estimate of drug-likeness (QED) is 0.210. The number of hydrogen-bond acceptors (Lipinski definition) is 7. The lowest BCUT2D eigenvalue weighted by Gasteiger charge is -2.42. The molecule has 1 aliphatic carbocycles. The second-order valence-electron chi connectivity index (χ2n) is 14.1. The Morgan fingerprint density at radius 2 is 1.64 bits per heavy atom. The normalized spacial score (nSPS) is 20.0. The number of carbonyl (C=O) groups is 3. The summed E-state index contributed by atoms with van der Waals surface area (Å²) >= 11 is 0. The van der Waals surface area contributed by atoms with Crippen LogP contribution >= 0.6 is 0 Å². The molecule has 0 spiro atoms. The molecule has 1 aliphatic heterocycles. The molecule has 0 bridgehead atoms. The topological polar surface area (TPSA) is 112 Å². The van der Waals surface area contributed by atoms with Crippen LogP contribution in [0.4, 0.5) is 19.4 Å². The van der Waals surface area contributed by atoms with Crippen LogP contribution in [0, 0.1) is 0 Å². The first-order chi connectivity index (χ1) is 23.8. The van der Waals surface area contributed by atoms with Crippen molar-refractivity contribution < 1.29 is 37.4 Å². The molecule has 4 aromatic rings. The van der Waals surface area contributed by atoms with Crippen molar-refractivity contribution in [2.75, 3.05) is 19.0 Å². The number of benzene rings is 2. The first-order valence-electron chi connectivity index (χ1n) is 16.8. The van der Waals surface area contributed by atoms with Gasteiger partial charge < -0.3 is 24.4 Å². The lowest BCUT2D eigenvalue weighted by molar-refractivity contribution is -0.146. The number of nitrogens with zero attached hydrogens (tertiary/aromatic N) is 3. The number of fused-ring (bicyclic) bond motifs is 1. The molecule has 50 heavy (non-hydrogen) atoms. The monoisotopic (exact) mass is 688 g/mol. The van der Waals surface area contributed by atoms with Crippen molar-refractivity contribution in [2.24, 2.45) is 0 Å². The lowest BCUT2D eigenvalue weighted by Crippen LogP contribution is -2.54. The average molecular weight is 689 g/mol. The summed E-state index contributed by atoms with van der Waals surface area (Å²) in [5, 5.41) is 2.85. The summed E-state index contributed by atoms with van der Waals surface area (Å²) in [5.74, 6) is -2.94. The van der Waals surface area contributed by atoms with Crippen molar-refractivity contribution in [1.29, 1.82) is 0 Å². The van der Waals surface area contributed by atoms with Crippen molar-refractivity contribution in [3.05, 3.63) is 90.1 Å². The van der Waals surface area contributed by atoms with Crippen molar-refractivity contribution in [1.82, 2.24) is 14.5 Å².